The maximum Gasteiger partial charge on any atom is 0.0216 e. The second-order valence-electron chi connectivity index (χ2n) is 10.7. The molecule has 0 spiro atoms. The maximum atomic E-state index is 3.82. The molecule has 0 atom stereocenters. The lowest BCUT2D eigenvalue weighted by atomic mass is 9.69. The third-order valence-corrected chi connectivity index (χ3v) is 11.9. The van der Waals surface area contributed by atoms with E-state index < -0.39 is 0 Å². The molecule has 2 aliphatic carbocycles. The standard InChI is InChI=1S/C32H32Br6/c33-13-1-9-31(10-2-14-34)27-17-21(37)5-7-23(27)25-20-30-26(19-29(25)31)24-8-6-22(38)18-28(24)32(30,11-3-15-35)12-4-16-36/h5-8,17-20H,1-4,9-16H2. The molecular formula is C32H32Br6. The average molecular weight is 896 g/mol. The Hall–Kier alpha value is 0.540. The summed E-state index contributed by atoms with van der Waals surface area (Å²) in [5.41, 5.74) is 12.0. The van der Waals surface area contributed by atoms with Gasteiger partial charge in [0.15, 0.2) is 0 Å². The van der Waals surface area contributed by atoms with E-state index in [1.165, 1.54) is 53.5 Å². The SMILES string of the molecule is BrCCCC1(CCCBr)c2cc(Br)ccc2-c2cc3c(cc21)-c1ccc(Br)cc1C3(CCCBr)CCCBr. The van der Waals surface area contributed by atoms with Crippen LogP contribution in [0.25, 0.3) is 22.3 Å². The molecule has 5 rings (SSSR count). The molecule has 2 aliphatic rings. The van der Waals surface area contributed by atoms with E-state index in [2.05, 4.69) is 144 Å². The summed E-state index contributed by atoms with van der Waals surface area (Å²) in [4.78, 5) is 0. The van der Waals surface area contributed by atoms with Gasteiger partial charge in [-0.2, -0.15) is 0 Å². The zero-order valence-electron chi connectivity index (χ0n) is 21.4. The largest absolute Gasteiger partial charge is 0.0928 e. The van der Waals surface area contributed by atoms with Gasteiger partial charge in [0.2, 0.25) is 0 Å². The second-order valence-corrected chi connectivity index (χ2v) is 15.7. The highest BCUT2D eigenvalue weighted by atomic mass is 79.9. The topological polar surface area (TPSA) is 0 Å². The molecule has 38 heavy (non-hydrogen) atoms. The van der Waals surface area contributed by atoms with Crippen LogP contribution in [0.1, 0.15) is 73.6 Å². The highest BCUT2D eigenvalue weighted by molar-refractivity contribution is 9.11. The van der Waals surface area contributed by atoms with Gasteiger partial charge in [-0.05, 0) is 132 Å². The van der Waals surface area contributed by atoms with Crippen molar-refractivity contribution in [3.05, 3.63) is 79.7 Å². The van der Waals surface area contributed by atoms with Crippen LogP contribution in [-0.2, 0) is 10.8 Å². The molecule has 0 saturated carbocycles. The first-order chi connectivity index (χ1) is 18.5. The maximum absolute atomic E-state index is 3.82. The van der Waals surface area contributed by atoms with Crippen molar-refractivity contribution >= 4 is 95.6 Å². The predicted molar refractivity (Wildman–Crippen MR) is 186 cm³/mol. The Balaban J connectivity index is 1.81. The van der Waals surface area contributed by atoms with Crippen LogP contribution in [0, 0.1) is 0 Å². The molecule has 0 heterocycles. The van der Waals surface area contributed by atoms with Crippen LogP contribution in [0.3, 0.4) is 0 Å². The van der Waals surface area contributed by atoms with Crippen molar-refractivity contribution in [2.45, 2.75) is 62.2 Å². The number of alkyl halides is 4. The fourth-order valence-electron chi connectivity index (χ4n) is 7.22. The molecule has 0 aliphatic heterocycles. The van der Waals surface area contributed by atoms with E-state index in [0.717, 1.165) is 72.7 Å². The smallest absolute Gasteiger partial charge is 0.0216 e. The lowest BCUT2D eigenvalue weighted by Gasteiger charge is -2.34. The second kappa shape index (κ2) is 12.8. The van der Waals surface area contributed by atoms with E-state index in [-0.39, 0.29) is 10.8 Å². The van der Waals surface area contributed by atoms with Crippen LogP contribution in [0.2, 0.25) is 0 Å². The first-order valence-electron chi connectivity index (χ1n) is 13.5. The Morgan fingerprint density at radius 1 is 0.421 bits per heavy atom. The van der Waals surface area contributed by atoms with Gasteiger partial charge in [0.25, 0.3) is 0 Å². The lowest BCUT2D eigenvalue weighted by Crippen LogP contribution is -2.27. The number of hydrogen-bond acceptors (Lipinski definition) is 0. The summed E-state index contributed by atoms with van der Waals surface area (Å²) in [6, 6.07) is 19.3. The lowest BCUT2D eigenvalue weighted by molar-refractivity contribution is 0.435. The van der Waals surface area contributed by atoms with Crippen LogP contribution < -0.4 is 0 Å². The number of benzene rings is 3. The minimum absolute atomic E-state index is 0.0392. The van der Waals surface area contributed by atoms with Crippen LogP contribution in [-0.4, -0.2) is 21.3 Å². The van der Waals surface area contributed by atoms with Gasteiger partial charge in [-0.15, -0.1) is 0 Å². The molecule has 0 N–H and O–H groups in total. The molecule has 0 aromatic heterocycles. The minimum atomic E-state index is 0.0392. The Kier molecular flexibility index (Phi) is 10.1. The summed E-state index contributed by atoms with van der Waals surface area (Å²) >= 11 is 22.7. The first-order valence-corrected chi connectivity index (χ1v) is 19.6. The zero-order chi connectivity index (χ0) is 26.9. The Bertz CT molecular complexity index is 1200. The molecule has 3 aromatic carbocycles. The van der Waals surface area contributed by atoms with Gasteiger partial charge in [-0.1, -0.05) is 108 Å². The monoisotopic (exact) mass is 890 g/mol. The molecular weight excluding hydrogens is 864 g/mol. The van der Waals surface area contributed by atoms with E-state index in [9.17, 15) is 0 Å². The Morgan fingerprint density at radius 2 is 0.737 bits per heavy atom. The van der Waals surface area contributed by atoms with Crippen molar-refractivity contribution in [3.8, 4) is 22.3 Å². The van der Waals surface area contributed by atoms with Crippen LogP contribution in [0.15, 0.2) is 57.5 Å². The summed E-state index contributed by atoms with van der Waals surface area (Å²) in [6.45, 7) is 0. The van der Waals surface area contributed by atoms with Crippen LogP contribution in [0.4, 0.5) is 0 Å². The summed E-state index contributed by atoms with van der Waals surface area (Å²) in [5.74, 6) is 0. The van der Waals surface area contributed by atoms with Gasteiger partial charge in [0.05, 0.1) is 0 Å². The molecule has 0 fully saturated rings. The van der Waals surface area contributed by atoms with Crippen molar-refractivity contribution in [2.24, 2.45) is 0 Å². The number of rotatable bonds is 12. The molecule has 0 bridgehead atoms. The molecule has 0 nitrogen and oxygen atoms in total. The van der Waals surface area contributed by atoms with E-state index in [4.69, 9.17) is 0 Å². The average Bonchev–Trinajstić information content (AvgIpc) is 3.33. The quantitative estimate of drug-likeness (QED) is 0.159. The fourth-order valence-corrected chi connectivity index (χ4v) is 9.07. The van der Waals surface area contributed by atoms with E-state index >= 15 is 0 Å². The molecule has 6 heteroatoms. The van der Waals surface area contributed by atoms with Gasteiger partial charge >= 0.3 is 0 Å². The van der Waals surface area contributed by atoms with E-state index in [1.807, 2.05) is 0 Å². The number of hydrogen-bond donors (Lipinski definition) is 0. The third kappa shape index (κ3) is 5.16. The minimum Gasteiger partial charge on any atom is -0.0928 e. The highest BCUT2D eigenvalue weighted by Gasteiger charge is 2.47. The summed E-state index contributed by atoms with van der Waals surface area (Å²) < 4.78 is 2.36. The van der Waals surface area contributed by atoms with Gasteiger partial charge in [0.1, 0.15) is 0 Å². The number of fused-ring (bicyclic) bond motifs is 6. The fraction of sp³-hybridized carbons (Fsp3) is 0.438. The molecule has 3 aromatic rings. The van der Waals surface area contributed by atoms with Crippen LogP contribution in [0.5, 0.6) is 0 Å². The Labute approximate surface area is 278 Å². The van der Waals surface area contributed by atoms with E-state index in [1.54, 1.807) is 0 Å². The molecule has 0 radical (unpaired) electrons. The normalized spacial score (nSPS) is 15.7. The van der Waals surface area contributed by atoms with Crippen molar-refractivity contribution in [1.29, 1.82) is 0 Å². The van der Waals surface area contributed by atoms with Crippen molar-refractivity contribution in [2.75, 3.05) is 21.3 Å². The van der Waals surface area contributed by atoms with E-state index in [0.29, 0.717) is 0 Å². The molecule has 202 valence electrons. The summed E-state index contributed by atoms with van der Waals surface area (Å²) in [7, 11) is 0. The molecule has 0 amide bonds. The predicted octanol–water partition coefficient (Wildman–Crippen LogP) is 12.4. The van der Waals surface area contributed by atoms with Crippen molar-refractivity contribution in [1.82, 2.24) is 0 Å². The summed E-state index contributed by atoms with van der Waals surface area (Å²) in [6.07, 6.45) is 9.28. The summed E-state index contributed by atoms with van der Waals surface area (Å²) in [5, 5.41) is 4.13. The first kappa shape index (κ1) is 30.0. The number of halogens is 6. The van der Waals surface area contributed by atoms with Gasteiger partial charge < -0.3 is 0 Å². The zero-order valence-corrected chi connectivity index (χ0v) is 30.9. The van der Waals surface area contributed by atoms with Crippen molar-refractivity contribution < 1.29 is 0 Å². The Morgan fingerprint density at radius 3 is 1.05 bits per heavy atom. The molecule has 0 saturated heterocycles. The van der Waals surface area contributed by atoms with Gasteiger partial charge in [-0.25, -0.2) is 0 Å². The highest BCUT2D eigenvalue weighted by Crippen LogP contribution is 2.61. The van der Waals surface area contributed by atoms with Gasteiger partial charge in [0, 0.05) is 41.1 Å². The van der Waals surface area contributed by atoms with Gasteiger partial charge in [-0.3, -0.25) is 0 Å². The third-order valence-electron chi connectivity index (χ3n) is 8.71. The van der Waals surface area contributed by atoms with Crippen LogP contribution >= 0.6 is 95.6 Å². The van der Waals surface area contributed by atoms with Crippen molar-refractivity contribution in [3.63, 3.8) is 0 Å². The molecule has 0 unspecified atom stereocenters.